The summed E-state index contributed by atoms with van der Waals surface area (Å²) >= 11 is 0. The highest BCUT2D eigenvalue weighted by Gasteiger charge is 2.26. The molecule has 0 amide bonds. The minimum atomic E-state index is -0.654. The molecule has 2 aromatic rings. The molecule has 1 aliphatic rings. The average Bonchev–Trinajstić information content (AvgIpc) is 3.16. The molecule has 0 aliphatic heterocycles. The number of nitrogens with zero attached hydrogens (tertiary/aromatic N) is 1. The van der Waals surface area contributed by atoms with E-state index in [4.69, 9.17) is 4.74 Å². The van der Waals surface area contributed by atoms with Crippen LogP contribution in [0.2, 0.25) is 0 Å². The summed E-state index contributed by atoms with van der Waals surface area (Å²) in [5.41, 5.74) is 1.64. The minimum absolute atomic E-state index is 0.0643. The second-order valence-electron chi connectivity index (χ2n) is 5.60. The Kier molecular flexibility index (Phi) is 3.49. The Labute approximate surface area is 122 Å². The van der Waals surface area contributed by atoms with Gasteiger partial charge in [0.15, 0.2) is 0 Å². The Bertz CT molecular complexity index is 675. The molecule has 0 atom stereocenters. The highest BCUT2D eigenvalue weighted by molar-refractivity contribution is 5.91. The maximum absolute atomic E-state index is 13.8. The summed E-state index contributed by atoms with van der Waals surface area (Å²) in [4.78, 5) is 19.5. The predicted octanol–water partition coefficient (Wildman–Crippen LogP) is 3.66. The summed E-state index contributed by atoms with van der Waals surface area (Å²) in [5, 5.41) is 0. The van der Waals surface area contributed by atoms with Crippen molar-refractivity contribution in [3.63, 3.8) is 0 Å². The quantitative estimate of drug-likeness (QED) is 0.873. The molecule has 1 aromatic carbocycles. The largest absolute Gasteiger partial charge is 0.459 e. The van der Waals surface area contributed by atoms with Crippen LogP contribution in [0.1, 0.15) is 48.7 Å². The van der Waals surface area contributed by atoms with Crippen LogP contribution < -0.4 is 0 Å². The van der Waals surface area contributed by atoms with Crippen LogP contribution in [0.4, 0.5) is 4.39 Å². The number of imidazole rings is 1. The molecule has 0 unspecified atom stereocenters. The Morgan fingerprint density at radius 1 is 1.43 bits per heavy atom. The summed E-state index contributed by atoms with van der Waals surface area (Å²) < 4.78 is 18.9. The fraction of sp³-hybridized carbons (Fsp3) is 0.375. The van der Waals surface area contributed by atoms with Gasteiger partial charge in [0.25, 0.3) is 0 Å². The van der Waals surface area contributed by atoms with Crippen LogP contribution in [-0.2, 0) is 4.74 Å². The van der Waals surface area contributed by atoms with Crippen LogP contribution in [0.15, 0.2) is 24.4 Å². The van der Waals surface area contributed by atoms with Gasteiger partial charge in [-0.15, -0.1) is 0 Å². The molecule has 1 heterocycles. The van der Waals surface area contributed by atoms with Gasteiger partial charge >= 0.3 is 5.97 Å². The fourth-order valence-electron chi connectivity index (χ4n) is 2.18. The summed E-state index contributed by atoms with van der Waals surface area (Å²) in [5.74, 6) is -0.0481. The first-order valence-corrected chi connectivity index (χ1v) is 7.11. The molecule has 0 bridgehead atoms. The topological polar surface area (TPSA) is 55.0 Å². The number of ether oxygens (including phenoxy) is 1. The van der Waals surface area contributed by atoms with Crippen molar-refractivity contribution in [2.45, 2.75) is 38.7 Å². The van der Waals surface area contributed by atoms with Crippen molar-refractivity contribution in [1.82, 2.24) is 9.97 Å². The monoisotopic (exact) mass is 288 g/mol. The number of hydrogen-bond acceptors (Lipinski definition) is 3. The minimum Gasteiger partial charge on any atom is -0.459 e. The zero-order chi connectivity index (χ0) is 15.0. The molecule has 1 saturated carbocycles. The lowest BCUT2D eigenvalue weighted by Crippen LogP contribution is -2.13. The molecule has 0 spiro atoms. The van der Waals surface area contributed by atoms with E-state index in [-0.39, 0.29) is 11.7 Å². The number of rotatable bonds is 4. The van der Waals surface area contributed by atoms with E-state index < -0.39 is 11.8 Å². The van der Waals surface area contributed by atoms with Crippen LogP contribution in [0, 0.1) is 5.82 Å². The van der Waals surface area contributed by atoms with Gasteiger partial charge < -0.3 is 9.72 Å². The molecule has 1 aliphatic carbocycles. The van der Waals surface area contributed by atoms with Crippen LogP contribution >= 0.6 is 0 Å². The number of esters is 1. The van der Waals surface area contributed by atoms with Gasteiger partial charge in [0.1, 0.15) is 11.6 Å². The number of nitrogens with one attached hydrogen (secondary N) is 1. The van der Waals surface area contributed by atoms with Gasteiger partial charge in [-0.25, -0.2) is 14.2 Å². The van der Waals surface area contributed by atoms with Gasteiger partial charge in [0.05, 0.1) is 17.4 Å². The van der Waals surface area contributed by atoms with Crippen LogP contribution in [0.5, 0.6) is 0 Å². The average molecular weight is 288 g/mol. The fourth-order valence-corrected chi connectivity index (χ4v) is 2.18. The maximum atomic E-state index is 13.8. The van der Waals surface area contributed by atoms with Gasteiger partial charge in [0, 0.05) is 17.7 Å². The standard InChI is InChI=1S/C16H17FN2O2/c1-9(2)21-16(20)12-7-11(5-6-13(12)17)15-18-8-14(19-15)10-3-4-10/h5-10H,3-4H2,1-2H3,(H,18,19). The van der Waals surface area contributed by atoms with Crippen LogP contribution in [-0.4, -0.2) is 22.0 Å². The number of halogens is 1. The summed E-state index contributed by atoms with van der Waals surface area (Å²) in [7, 11) is 0. The summed E-state index contributed by atoms with van der Waals surface area (Å²) in [6.45, 7) is 3.46. The van der Waals surface area contributed by atoms with E-state index in [9.17, 15) is 9.18 Å². The first kappa shape index (κ1) is 13.8. The van der Waals surface area contributed by atoms with E-state index in [1.165, 1.54) is 25.0 Å². The molecule has 0 saturated heterocycles. The molecular formula is C16H17FN2O2. The molecule has 5 heteroatoms. The lowest BCUT2D eigenvalue weighted by atomic mass is 10.1. The summed E-state index contributed by atoms with van der Waals surface area (Å²) in [6, 6.07) is 4.36. The number of hydrogen-bond donors (Lipinski definition) is 1. The van der Waals surface area contributed by atoms with E-state index in [1.807, 2.05) is 6.20 Å². The van der Waals surface area contributed by atoms with Gasteiger partial charge in [-0.1, -0.05) is 0 Å². The highest BCUT2D eigenvalue weighted by Crippen LogP contribution is 2.39. The number of benzene rings is 1. The van der Waals surface area contributed by atoms with Crippen molar-refractivity contribution in [2.24, 2.45) is 0 Å². The second-order valence-corrected chi connectivity index (χ2v) is 5.60. The molecule has 21 heavy (non-hydrogen) atoms. The lowest BCUT2D eigenvalue weighted by Gasteiger charge is -2.09. The third kappa shape index (κ3) is 2.96. The zero-order valence-corrected chi connectivity index (χ0v) is 12.0. The third-order valence-electron chi connectivity index (χ3n) is 3.40. The van der Waals surface area contributed by atoms with E-state index in [0.29, 0.717) is 17.3 Å². The van der Waals surface area contributed by atoms with Crippen molar-refractivity contribution in [2.75, 3.05) is 0 Å². The molecular weight excluding hydrogens is 271 g/mol. The zero-order valence-electron chi connectivity index (χ0n) is 12.0. The van der Waals surface area contributed by atoms with Gasteiger partial charge in [-0.05, 0) is 44.9 Å². The Balaban J connectivity index is 1.90. The highest BCUT2D eigenvalue weighted by atomic mass is 19.1. The maximum Gasteiger partial charge on any atom is 0.341 e. The lowest BCUT2D eigenvalue weighted by molar-refractivity contribution is 0.0372. The number of carbonyl (C=O) groups excluding carboxylic acids is 1. The smallest absolute Gasteiger partial charge is 0.341 e. The summed E-state index contributed by atoms with van der Waals surface area (Å²) in [6.07, 6.45) is 3.92. The normalized spacial score (nSPS) is 14.5. The van der Waals surface area contributed by atoms with Crippen molar-refractivity contribution in [3.8, 4) is 11.4 Å². The molecule has 0 radical (unpaired) electrons. The van der Waals surface area contributed by atoms with E-state index in [2.05, 4.69) is 9.97 Å². The molecule has 110 valence electrons. The Morgan fingerprint density at radius 2 is 2.19 bits per heavy atom. The van der Waals surface area contributed by atoms with E-state index in [1.54, 1.807) is 19.9 Å². The molecule has 1 aromatic heterocycles. The number of aromatic amines is 1. The SMILES string of the molecule is CC(C)OC(=O)c1cc(-c2nc(C3CC3)c[nH]2)ccc1F. The molecule has 1 fully saturated rings. The second kappa shape index (κ2) is 5.31. The van der Waals surface area contributed by atoms with E-state index >= 15 is 0 Å². The van der Waals surface area contributed by atoms with Crippen molar-refractivity contribution < 1.29 is 13.9 Å². The van der Waals surface area contributed by atoms with Crippen molar-refractivity contribution in [1.29, 1.82) is 0 Å². The van der Waals surface area contributed by atoms with Crippen molar-refractivity contribution in [3.05, 3.63) is 41.5 Å². The first-order chi connectivity index (χ1) is 10.0. The van der Waals surface area contributed by atoms with Gasteiger partial charge in [-0.3, -0.25) is 0 Å². The van der Waals surface area contributed by atoms with Gasteiger partial charge in [0.2, 0.25) is 0 Å². The van der Waals surface area contributed by atoms with E-state index in [0.717, 1.165) is 5.69 Å². The number of carbonyl (C=O) groups is 1. The molecule has 1 N–H and O–H groups in total. The Hall–Kier alpha value is -2.17. The van der Waals surface area contributed by atoms with Crippen molar-refractivity contribution >= 4 is 5.97 Å². The number of H-pyrrole nitrogens is 1. The predicted molar refractivity (Wildman–Crippen MR) is 76.5 cm³/mol. The van der Waals surface area contributed by atoms with Gasteiger partial charge in [-0.2, -0.15) is 0 Å². The van der Waals surface area contributed by atoms with Crippen LogP contribution in [0.3, 0.4) is 0 Å². The molecule has 4 nitrogen and oxygen atoms in total. The number of aromatic nitrogens is 2. The first-order valence-electron chi connectivity index (χ1n) is 7.11. The Morgan fingerprint density at radius 3 is 2.86 bits per heavy atom. The molecule has 3 rings (SSSR count). The van der Waals surface area contributed by atoms with Crippen LogP contribution in [0.25, 0.3) is 11.4 Å². The third-order valence-corrected chi connectivity index (χ3v) is 3.40.